The number of nitrogens with zero attached hydrogens (tertiary/aromatic N) is 3. The fraction of sp³-hybridized carbons (Fsp3) is 0.333. The lowest BCUT2D eigenvalue weighted by Crippen LogP contribution is -2.52. The molecule has 1 aromatic heterocycles. The number of amides is 1. The van der Waals surface area contributed by atoms with Crippen molar-refractivity contribution in [1.82, 2.24) is 15.0 Å². The maximum Gasteiger partial charge on any atom is 0.328 e. The Hall–Kier alpha value is -2.74. The summed E-state index contributed by atoms with van der Waals surface area (Å²) in [6.07, 6.45) is 0. The van der Waals surface area contributed by atoms with Crippen molar-refractivity contribution in [2.45, 2.75) is 13.0 Å². The van der Waals surface area contributed by atoms with Crippen LogP contribution in [0.1, 0.15) is 16.2 Å². The summed E-state index contributed by atoms with van der Waals surface area (Å²) in [7, 11) is 0. The highest BCUT2D eigenvalue weighted by molar-refractivity contribution is 5.97. The summed E-state index contributed by atoms with van der Waals surface area (Å²) in [5.41, 5.74) is 1.01. The summed E-state index contributed by atoms with van der Waals surface area (Å²) in [5.74, 6) is -0.629. The van der Waals surface area contributed by atoms with Gasteiger partial charge in [0.1, 0.15) is 0 Å². The third kappa shape index (κ3) is 3.07. The first-order valence-electron chi connectivity index (χ1n) is 7.08. The van der Waals surface area contributed by atoms with Gasteiger partial charge in [-0.2, -0.15) is 4.98 Å². The molecule has 1 aliphatic heterocycles. The van der Waals surface area contributed by atoms with Gasteiger partial charge in [-0.1, -0.05) is 17.3 Å². The number of ether oxygens (including phenoxy) is 1. The van der Waals surface area contributed by atoms with E-state index in [1.54, 1.807) is 31.2 Å². The summed E-state index contributed by atoms with van der Waals surface area (Å²) in [6.45, 7) is 2.22. The van der Waals surface area contributed by atoms with Crippen molar-refractivity contribution in [3.63, 3.8) is 0 Å². The number of carbonyl (C=O) groups is 2. The highest BCUT2D eigenvalue weighted by Gasteiger charge is 2.33. The number of benzene rings is 1. The number of aromatic nitrogens is 2. The number of hydrogen-bond donors (Lipinski definition) is 1. The topological polar surface area (TPSA) is 106 Å². The zero-order valence-electron chi connectivity index (χ0n) is 12.4. The number of aryl methyl sites for hydroxylation is 1. The second-order valence-corrected chi connectivity index (χ2v) is 5.15. The first kappa shape index (κ1) is 15.2. The van der Waals surface area contributed by atoms with Crippen molar-refractivity contribution in [2.24, 2.45) is 0 Å². The van der Waals surface area contributed by atoms with Crippen molar-refractivity contribution in [3.05, 3.63) is 35.7 Å². The van der Waals surface area contributed by atoms with Crippen LogP contribution in [-0.4, -0.2) is 57.8 Å². The summed E-state index contributed by atoms with van der Waals surface area (Å²) in [6, 6.07) is 5.74. The third-order valence-electron chi connectivity index (χ3n) is 3.57. The van der Waals surface area contributed by atoms with Crippen LogP contribution in [0, 0.1) is 6.92 Å². The van der Waals surface area contributed by atoms with Gasteiger partial charge in [0.25, 0.3) is 5.91 Å². The van der Waals surface area contributed by atoms with Gasteiger partial charge in [0.15, 0.2) is 6.04 Å². The molecule has 0 radical (unpaired) electrons. The van der Waals surface area contributed by atoms with Crippen molar-refractivity contribution in [1.29, 1.82) is 0 Å². The van der Waals surface area contributed by atoms with Gasteiger partial charge in [-0.05, 0) is 12.1 Å². The molecule has 1 amide bonds. The first-order valence-corrected chi connectivity index (χ1v) is 7.08. The molecule has 1 unspecified atom stereocenters. The van der Waals surface area contributed by atoms with E-state index in [0.29, 0.717) is 29.4 Å². The molecule has 1 aromatic carbocycles. The lowest BCUT2D eigenvalue weighted by Gasteiger charge is -2.32. The molecule has 8 nitrogen and oxygen atoms in total. The van der Waals surface area contributed by atoms with Crippen LogP contribution in [0.4, 0.5) is 0 Å². The maximum absolute atomic E-state index is 12.6. The zero-order valence-corrected chi connectivity index (χ0v) is 12.4. The Morgan fingerprint density at radius 1 is 1.39 bits per heavy atom. The molecule has 1 N–H and O–H groups in total. The second kappa shape index (κ2) is 6.17. The summed E-state index contributed by atoms with van der Waals surface area (Å²) >= 11 is 0. The predicted molar refractivity (Wildman–Crippen MR) is 77.8 cm³/mol. The molecule has 0 bridgehead atoms. The molecule has 1 saturated heterocycles. The highest BCUT2D eigenvalue weighted by atomic mass is 16.5. The normalized spacial score (nSPS) is 18.0. The number of carbonyl (C=O) groups excluding carboxylic acids is 1. The molecule has 0 spiro atoms. The van der Waals surface area contributed by atoms with Crippen molar-refractivity contribution in [2.75, 3.05) is 19.8 Å². The summed E-state index contributed by atoms with van der Waals surface area (Å²) in [4.78, 5) is 29.4. The van der Waals surface area contributed by atoms with E-state index in [1.165, 1.54) is 4.90 Å². The van der Waals surface area contributed by atoms with Crippen LogP contribution >= 0.6 is 0 Å². The Balaban J connectivity index is 1.88. The second-order valence-electron chi connectivity index (χ2n) is 5.15. The number of carboxylic acids is 1. The Labute approximate surface area is 131 Å². The van der Waals surface area contributed by atoms with Gasteiger partial charge in [-0.15, -0.1) is 0 Å². The first-order chi connectivity index (χ1) is 11.1. The minimum atomic E-state index is -1.08. The molecular formula is C15H15N3O5. The monoisotopic (exact) mass is 317 g/mol. The smallest absolute Gasteiger partial charge is 0.328 e. The largest absolute Gasteiger partial charge is 0.480 e. The Kier molecular flexibility index (Phi) is 4.07. The molecule has 1 aliphatic rings. The van der Waals surface area contributed by atoms with Gasteiger partial charge in [-0.3, -0.25) is 4.79 Å². The van der Waals surface area contributed by atoms with Gasteiger partial charge < -0.3 is 19.3 Å². The van der Waals surface area contributed by atoms with Gasteiger partial charge in [0.2, 0.25) is 11.7 Å². The maximum atomic E-state index is 12.6. The summed E-state index contributed by atoms with van der Waals surface area (Å²) < 4.78 is 10.1. The SMILES string of the molecule is Cc1nc(-c2cccc(C(=O)N3CCOCC3C(=O)O)c2)no1. The molecule has 1 fully saturated rings. The molecule has 120 valence electrons. The highest BCUT2D eigenvalue weighted by Crippen LogP contribution is 2.20. The minimum Gasteiger partial charge on any atom is -0.480 e. The number of rotatable bonds is 3. The van der Waals surface area contributed by atoms with Crippen LogP contribution < -0.4 is 0 Å². The van der Waals surface area contributed by atoms with E-state index in [9.17, 15) is 14.7 Å². The van der Waals surface area contributed by atoms with Gasteiger partial charge in [0, 0.05) is 24.6 Å². The standard InChI is InChI=1S/C15H15N3O5/c1-9-16-13(17-23-9)10-3-2-4-11(7-10)14(19)18-5-6-22-8-12(18)15(20)21/h2-4,7,12H,5-6,8H2,1H3,(H,20,21). The predicted octanol–water partition coefficient (Wildman–Crippen LogP) is 0.971. The van der Waals surface area contributed by atoms with Crippen LogP contribution in [0.25, 0.3) is 11.4 Å². The van der Waals surface area contributed by atoms with Gasteiger partial charge in [0.05, 0.1) is 13.2 Å². The van der Waals surface area contributed by atoms with Crippen LogP contribution in [0.15, 0.2) is 28.8 Å². The van der Waals surface area contributed by atoms with Crippen LogP contribution in [0.5, 0.6) is 0 Å². The van der Waals surface area contributed by atoms with Crippen LogP contribution in [0.2, 0.25) is 0 Å². The van der Waals surface area contributed by atoms with Gasteiger partial charge >= 0.3 is 5.97 Å². The average molecular weight is 317 g/mol. The number of aliphatic carboxylic acids is 1. The molecule has 2 heterocycles. The molecule has 0 aliphatic carbocycles. The van der Waals surface area contributed by atoms with Crippen LogP contribution in [-0.2, 0) is 9.53 Å². The molecular weight excluding hydrogens is 302 g/mol. The Bertz CT molecular complexity index is 742. The van der Waals surface area contributed by atoms with Crippen molar-refractivity contribution >= 4 is 11.9 Å². The lowest BCUT2D eigenvalue weighted by atomic mass is 10.1. The van der Waals surface area contributed by atoms with Gasteiger partial charge in [-0.25, -0.2) is 4.79 Å². The Morgan fingerprint density at radius 3 is 2.91 bits per heavy atom. The molecule has 3 rings (SSSR count). The van der Waals surface area contributed by atoms with Crippen LogP contribution in [0.3, 0.4) is 0 Å². The number of hydrogen-bond acceptors (Lipinski definition) is 6. The van der Waals surface area contributed by atoms with Crippen molar-refractivity contribution < 1.29 is 24.0 Å². The van der Waals surface area contributed by atoms with Crippen molar-refractivity contribution in [3.8, 4) is 11.4 Å². The van der Waals surface area contributed by atoms with E-state index in [1.807, 2.05) is 0 Å². The molecule has 0 saturated carbocycles. The van der Waals surface area contributed by atoms with E-state index >= 15 is 0 Å². The van der Waals surface area contributed by atoms with E-state index in [-0.39, 0.29) is 19.1 Å². The fourth-order valence-corrected chi connectivity index (χ4v) is 2.42. The fourth-order valence-electron chi connectivity index (χ4n) is 2.42. The summed E-state index contributed by atoms with van der Waals surface area (Å²) in [5, 5.41) is 13.1. The van der Waals surface area contributed by atoms with E-state index in [4.69, 9.17) is 9.26 Å². The number of carboxylic acid groups (broad SMARTS) is 1. The Morgan fingerprint density at radius 2 is 2.22 bits per heavy atom. The lowest BCUT2D eigenvalue weighted by molar-refractivity contribution is -0.147. The third-order valence-corrected chi connectivity index (χ3v) is 3.57. The average Bonchev–Trinajstić information content (AvgIpc) is 3.01. The molecule has 8 heteroatoms. The van der Waals surface area contributed by atoms with E-state index in [2.05, 4.69) is 10.1 Å². The van der Waals surface area contributed by atoms with E-state index < -0.39 is 12.0 Å². The molecule has 23 heavy (non-hydrogen) atoms. The van der Waals surface area contributed by atoms with E-state index in [0.717, 1.165) is 0 Å². The minimum absolute atomic E-state index is 0.00913. The molecule has 2 aromatic rings. The molecule has 1 atom stereocenters. The zero-order chi connectivity index (χ0) is 16.4. The number of morpholine rings is 1. The quantitative estimate of drug-likeness (QED) is 0.899.